The fourth-order valence-corrected chi connectivity index (χ4v) is 1.95. The molecule has 0 unspecified atom stereocenters. The number of aromatic hydroxyl groups is 1. The SMILES string of the molecule is CCCCc1ccc(-c2ccccc2)cc1O. The van der Waals surface area contributed by atoms with Crippen molar-refractivity contribution >= 4 is 0 Å². The molecular formula is C16H18O. The maximum Gasteiger partial charge on any atom is 0.119 e. The number of hydrogen-bond acceptors (Lipinski definition) is 1. The van der Waals surface area contributed by atoms with Crippen LogP contribution in [0.15, 0.2) is 48.5 Å². The molecule has 0 radical (unpaired) electrons. The van der Waals surface area contributed by atoms with Crippen LogP contribution in [0.3, 0.4) is 0 Å². The van der Waals surface area contributed by atoms with E-state index in [2.05, 4.69) is 25.1 Å². The molecule has 0 aromatic heterocycles. The highest BCUT2D eigenvalue weighted by molar-refractivity contribution is 5.65. The van der Waals surface area contributed by atoms with Gasteiger partial charge in [-0.05, 0) is 35.6 Å². The summed E-state index contributed by atoms with van der Waals surface area (Å²) in [6.45, 7) is 2.16. The maximum absolute atomic E-state index is 9.98. The lowest BCUT2D eigenvalue weighted by molar-refractivity contribution is 0.467. The lowest BCUT2D eigenvalue weighted by atomic mass is 10.0. The highest BCUT2D eigenvalue weighted by Gasteiger charge is 2.03. The first-order chi connectivity index (χ1) is 8.31. The number of hydrogen-bond donors (Lipinski definition) is 1. The first-order valence-corrected chi connectivity index (χ1v) is 6.18. The van der Waals surface area contributed by atoms with Crippen LogP contribution in [-0.2, 0) is 6.42 Å². The monoisotopic (exact) mass is 226 g/mol. The van der Waals surface area contributed by atoms with Gasteiger partial charge in [-0.15, -0.1) is 0 Å². The van der Waals surface area contributed by atoms with Crippen LogP contribution in [0.5, 0.6) is 5.75 Å². The van der Waals surface area contributed by atoms with Gasteiger partial charge >= 0.3 is 0 Å². The summed E-state index contributed by atoms with van der Waals surface area (Å²) in [6, 6.07) is 16.1. The maximum atomic E-state index is 9.98. The molecule has 2 aromatic rings. The fraction of sp³-hybridized carbons (Fsp3) is 0.250. The van der Waals surface area contributed by atoms with Crippen LogP contribution >= 0.6 is 0 Å². The van der Waals surface area contributed by atoms with Crippen molar-refractivity contribution in [3.63, 3.8) is 0 Å². The van der Waals surface area contributed by atoms with Gasteiger partial charge in [-0.3, -0.25) is 0 Å². The molecule has 0 bridgehead atoms. The predicted octanol–water partition coefficient (Wildman–Crippen LogP) is 4.40. The first kappa shape index (κ1) is 11.7. The van der Waals surface area contributed by atoms with Gasteiger partial charge in [-0.2, -0.15) is 0 Å². The summed E-state index contributed by atoms with van der Waals surface area (Å²) in [6.07, 6.45) is 3.23. The lowest BCUT2D eigenvalue weighted by Gasteiger charge is -2.07. The summed E-state index contributed by atoms with van der Waals surface area (Å²) in [7, 11) is 0. The van der Waals surface area contributed by atoms with E-state index in [1.54, 1.807) is 0 Å². The third-order valence-electron chi connectivity index (χ3n) is 2.99. The van der Waals surface area contributed by atoms with Gasteiger partial charge in [0.2, 0.25) is 0 Å². The second-order valence-corrected chi connectivity index (χ2v) is 4.31. The average molecular weight is 226 g/mol. The Morgan fingerprint density at radius 1 is 0.941 bits per heavy atom. The van der Waals surface area contributed by atoms with Gasteiger partial charge in [-0.25, -0.2) is 0 Å². The molecule has 0 amide bonds. The highest BCUT2D eigenvalue weighted by Crippen LogP contribution is 2.27. The molecule has 0 aliphatic rings. The van der Waals surface area contributed by atoms with E-state index < -0.39 is 0 Å². The Labute approximate surface area is 103 Å². The van der Waals surface area contributed by atoms with Crippen molar-refractivity contribution in [3.8, 4) is 16.9 Å². The topological polar surface area (TPSA) is 20.2 Å². The van der Waals surface area contributed by atoms with E-state index in [1.807, 2.05) is 30.3 Å². The van der Waals surface area contributed by atoms with Gasteiger partial charge in [-0.1, -0.05) is 55.8 Å². The second-order valence-electron chi connectivity index (χ2n) is 4.31. The van der Waals surface area contributed by atoms with E-state index in [0.29, 0.717) is 5.75 Å². The normalized spacial score (nSPS) is 10.4. The number of aryl methyl sites for hydroxylation is 1. The third kappa shape index (κ3) is 2.88. The van der Waals surface area contributed by atoms with Crippen LogP contribution in [-0.4, -0.2) is 5.11 Å². The molecule has 2 aromatic carbocycles. The summed E-state index contributed by atoms with van der Waals surface area (Å²) in [5.41, 5.74) is 3.26. The van der Waals surface area contributed by atoms with Gasteiger partial charge in [0.15, 0.2) is 0 Å². The standard InChI is InChI=1S/C16H18O/c1-2-3-7-14-10-11-15(12-16(14)17)13-8-5-4-6-9-13/h4-6,8-12,17H,2-3,7H2,1H3. The number of phenols is 1. The van der Waals surface area contributed by atoms with Crippen molar-refractivity contribution in [3.05, 3.63) is 54.1 Å². The number of phenolic OH excluding ortho intramolecular Hbond substituents is 1. The van der Waals surface area contributed by atoms with Crippen molar-refractivity contribution in [1.29, 1.82) is 0 Å². The van der Waals surface area contributed by atoms with Crippen molar-refractivity contribution in [2.75, 3.05) is 0 Å². The zero-order chi connectivity index (χ0) is 12.1. The summed E-state index contributed by atoms with van der Waals surface area (Å²) >= 11 is 0. The Kier molecular flexibility index (Phi) is 3.81. The Morgan fingerprint density at radius 2 is 1.71 bits per heavy atom. The smallest absolute Gasteiger partial charge is 0.119 e. The zero-order valence-corrected chi connectivity index (χ0v) is 10.2. The third-order valence-corrected chi connectivity index (χ3v) is 2.99. The summed E-state index contributed by atoms with van der Waals surface area (Å²) in [5, 5.41) is 9.98. The molecule has 88 valence electrons. The van der Waals surface area contributed by atoms with Crippen LogP contribution in [0.4, 0.5) is 0 Å². The lowest BCUT2D eigenvalue weighted by Crippen LogP contribution is -1.86. The van der Waals surface area contributed by atoms with Gasteiger partial charge in [0, 0.05) is 0 Å². The molecule has 0 aliphatic carbocycles. The fourth-order valence-electron chi connectivity index (χ4n) is 1.95. The van der Waals surface area contributed by atoms with E-state index in [4.69, 9.17) is 0 Å². The van der Waals surface area contributed by atoms with Crippen LogP contribution < -0.4 is 0 Å². The molecular weight excluding hydrogens is 208 g/mol. The van der Waals surface area contributed by atoms with Gasteiger partial charge in [0.1, 0.15) is 5.75 Å². The van der Waals surface area contributed by atoms with Gasteiger partial charge in [0.25, 0.3) is 0 Å². The molecule has 17 heavy (non-hydrogen) atoms. The molecule has 0 heterocycles. The minimum atomic E-state index is 0.416. The molecule has 0 fully saturated rings. The Hall–Kier alpha value is -1.76. The number of unbranched alkanes of at least 4 members (excludes halogenated alkanes) is 1. The molecule has 0 aliphatic heterocycles. The molecule has 1 N–H and O–H groups in total. The molecule has 2 rings (SSSR count). The van der Waals surface area contributed by atoms with E-state index >= 15 is 0 Å². The van der Waals surface area contributed by atoms with Crippen LogP contribution in [0.2, 0.25) is 0 Å². The summed E-state index contributed by atoms with van der Waals surface area (Å²) < 4.78 is 0. The summed E-state index contributed by atoms with van der Waals surface area (Å²) in [5.74, 6) is 0.416. The molecule has 0 saturated heterocycles. The molecule has 0 spiro atoms. The van der Waals surface area contributed by atoms with Crippen LogP contribution in [0, 0.1) is 0 Å². The van der Waals surface area contributed by atoms with Crippen molar-refractivity contribution in [2.45, 2.75) is 26.2 Å². The molecule has 0 atom stereocenters. The van der Waals surface area contributed by atoms with E-state index in [0.717, 1.165) is 36.0 Å². The Morgan fingerprint density at radius 3 is 2.35 bits per heavy atom. The number of benzene rings is 2. The summed E-state index contributed by atoms with van der Waals surface area (Å²) in [4.78, 5) is 0. The Balaban J connectivity index is 2.25. The van der Waals surface area contributed by atoms with Crippen LogP contribution in [0.25, 0.3) is 11.1 Å². The zero-order valence-electron chi connectivity index (χ0n) is 10.2. The number of rotatable bonds is 4. The Bertz CT molecular complexity index is 474. The van der Waals surface area contributed by atoms with Crippen molar-refractivity contribution in [1.82, 2.24) is 0 Å². The minimum absolute atomic E-state index is 0.416. The largest absolute Gasteiger partial charge is 0.508 e. The molecule has 1 nitrogen and oxygen atoms in total. The van der Waals surface area contributed by atoms with Gasteiger partial charge in [0.05, 0.1) is 0 Å². The van der Waals surface area contributed by atoms with Crippen molar-refractivity contribution < 1.29 is 5.11 Å². The molecule has 1 heteroatoms. The predicted molar refractivity (Wildman–Crippen MR) is 72.2 cm³/mol. The highest BCUT2D eigenvalue weighted by atomic mass is 16.3. The second kappa shape index (κ2) is 5.53. The van der Waals surface area contributed by atoms with E-state index in [9.17, 15) is 5.11 Å². The van der Waals surface area contributed by atoms with Crippen molar-refractivity contribution in [2.24, 2.45) is 0 Å². The average Bonchev–Trinajstić information content (AvgIpc) is 2.38. The minimum Gasteiger partial charge on any atom is -0.508 e. The van der Waals surface area contributed by atoms with Gasteiger partial charge < -0.3 is 5.11 Å². The van der Waals surface area contributed by atoms with Crippen LogP contribution in [0.1, 0.15) is 25.3 Å². The molecule has 0 saturated carbocycles. The quantitative estimate of drug-likeness (QED) is 0.819. The van der Waals surface area contributed by atoms with E-state index in [-0.39, 0.29) is 0 Å². The first-order valence-electron chi connectivity index (χ1n) is 6.18. The van der Waals surface area contributed by atoms with E-state index in [1.165, 1.54) is 0 Å².